The number of nitrogen functional groups attached to an aromatic ring is 1. The first-order valence-electron chi connectivity index (χ1n) is 5.34. The summed E-state index contributed by atoms with van der Waals surface area (Å²) in [5.74, 6) is 0.853. The summed E-state index contributed by atoms with van der Waals surface area (Å²) in [7, 11) is 0. The maximum absolute atomic E-state index is 5.52. The summed E-state index contributed by atoms with van der Waals surface area (Å²) in [5.41, 5.74) is 10.2. The molecule has 0 amide bonds. The maximum Gasteiger partial charge on any atom is 0.292 e. The molecule has 2 N–H and O–H groups in total. The first-order valence-corrected chi connectivity index (χ1v) is 5.34. The summed E-state index contributed by atoms with van der Waals surface area (Å²) in [6.45, 7) is 6.11. The van der Waals surface area contributed by atoms with Gasteiger partial charge in [0, 0.05) is 6.42 Å². The van der Waals surface area contributed by atoms with Gasteiger partial charge in [-0.05, 0) is 31.9 Å². The van der Waals surface area contributed by atoms with Crippen molar-refractivity contribution >= 4 is 6.01 Å². The third kappa shape index (κ3) is 2.08. The van der Waals surface area contributed by atoms with E-state index in [0.717, 1.165) is 17.9 Å². The molecule has 0 aliphatic carbocycles. The molecule has 0 bridgehead atoms. The van der Waals surface area contributed by atoms with Crippen molar-refractivity contribution in [3.05, 3.63) is 46.3 Å². The van der Waals surface area contributed by atoms with E-state index in [9.17, 15) is 0 Å². The molecule has 84 valence electrons. The second kappa shape index (κ2) is 4.00. The summed E-state index contributed by atoms with van der Waals surface area (Å²) in [6, 6.07) is 6.66. The van der Waals surface area contributed by atoms with E-state index in [0.29, 0.717) is 0 Å². The van der Waals surface area contributed by atoms with Crippen LogP contribution in [0.4, 0.5) is 6.01 Å². The molecule has 0 atom stereocenters. The van der Waals surface area contributed by atoms with Crippen LogP contribution in [0.3, 0.4) is 0 Å². The van der Waals surface area contributed by atoms with E-state index >= 15 is 0 Å². The topological polar surface area (TPSA) is 52.0 Å². The second-order valence-corrected chi connectivity index (χ2v) is 4.17. The predicted molar refractivity (Wildman–Crippen MR) is 64.4 cm³/mol. The normalized spacial score (nSPS) is 10.7. The highest BCUT2D eigenvalue weighted by Gasteiger charge is 2.09. The molecular weight excluding hydrogens is 200 g/mol. The Morgan fingerprint density at radius 2 is 2.00 bits per heavy atom. The molecule has 3 nitrogen and oxygen atoms in total. The van der Waals surface area contributed by atoms with Gasteiger partial charge in [-0.15, -0.1) is 0 Å². The van der Waals surface area contributed by atoms with E-state index in [-0.39, 0.29) is 6.01 Å². The number of rotatable bonds is 2. The predicted octanol–water partition coefficient (Wildman–Crippen LogP) is 2.77. The molecule has 0 aliphatic heterocycles. The standard InChI is InChI=1S/C13H16N2O/c1-8-4-5-9(2)11(6-8)7-12-10(3)15-13(14)16-12/h4-6H,7H2,1-3H3,(H2,14,15). The third-order valence-corrected chi connectivity index (χ3v) is 2.76. The zero-order valence-electron chi connectivity index (χ0n) is 9.87. The molecule has 1 heterocycles. The van der Waals surface area contributed by atoms with Gasteiger partial charge in [0.25, 0.3) is 6.01 Å². The highest BCUT2D eigenvalue weighted by atomic mass is 16.4. The van der Waals surface area contributed by atoms with Crippen molar-refractivity contribution in [1.29, 1.82) is 0 Å². The molecule has 16 heavy (non-hydrogen) atoms. The van der Waals surface area contributed by atoms with Crippen LogP contribution in [-0.2, 0) is 6.42 Å². The fraction of sp³-hybridized carbons (Fsp3) is 0.308. The van der Waals surface area contributed by atoms with E-state index in [1.807, 2.05) is 6.92 Å². The Morgan fingerprint density at radius 3 is 2.62 bits per heavy atom. The molecular formula is C13H16N2O. The Kier molecular flexibility index (Phi) is 2.69. The zero-order valence-corrected chi connectivity index (χ0v) is 9.87. The quantitative estimate of drug-likeness (QED) is 0.839. The van der Waals surface area contributed by atoms with Gasteiger partial charge >= 0.3 is 0 Å². The molecule has 3 heteroatoms. The van der Waals surface area contributed by atoms with E-state index in [4.69, 9.17) is 10.2 Å². The number of nitrogens with two attached hydrogens (primary N) is 1. The van der Waals surface area contributed by atoms with Crippen LogP contribution in [-0.4, -0.2) is 4.98 Å². The molecule has 0 unspecified atom stereocenters. The smallest absolute Gasteiger partial charge is 0.292 e. The SMILES string of the molecule is Cc1ccc(C)c(Cc2oc(N)nc2C)c1. The van der Waals surface area contributed by atoms with Crippen molar-refractivity contribution in [3.8, 4) is 0 Å². The van der Waals surface area contributed by atoms with Gasteiger partial charge in [-0.3, -0.25) is 0 Å². The van der Waals surface area contributed by atoms with Crippen molar-refractivity contribution in [3.63, 3.8) is 0 Å². The number of oxazole rings is 1. The number of anilines is 1. The van der Waals surface area contributed by atoms with Crippen LogP contribution in [0.5, 0.6) is 0 Å². The van der Waals surface area contributed by atoms with Crippen molar-refractivity contribution < 1.29 is 4.42 Å². The molecule has 0 radical (unpaired) electrons. The second-order valence-electron chi connectivity index (χ2n) is 4.17. The molecule has 1 aromatic heterocycles. The van der Waals surface area contributed by atoms with Gasteiger partial charge in [0.05, 0.1) is 5.69 Å². The zero-order chi connectivity index (χ0) is 11.7. The van der Waals surface area contributed by atoms with E-state index in [1.54, 1.807) is 0 Å². The first kappa shape index (κ1) is 10.7. The average molecular weight is 216 g/mol. The number of aromatic nitrogens is 1. The number of benzene rings is 1. The minimum absolute atomic E-state index is 0.248. The van der Waals surface area contributed by atoms with Crippen LogP contribution in [0.15, 0.2) is 22.6 Å². The van der Waals surface area contributed by atoms with Gasteiger partial charge in [0.2, 0.25) is 0 Å². The van der Waals surface area contributed by atoms with Crippen LogP contribution >= 0.6 is 0 Å². The van der Waals surface area contributed by atoms with Crippen LogP contribution < -0.4 is 5.73 Å². The van der Waals surface area contributed by atoms with Gasteiger partial charge in [0.1, 0.15) is 5.76 Å². The Hall–Kier alpha value is -1.77. The Labute approximate surface area is 95.3 Å². The molecule has 0 spiro atoms. The molecule has 2 aromatic rings. The number of hydrogen-bond acceptors (Lipinski definition) is 3. The van der Waals surface area contributed by atoms with Gasteiger partial charge < -0.3 is 10.2 Å². The molecule has 0 saturated heterocycles. The average Bonchev–Trinajstić information content (AvgIpc) is 2.51. The molecule has 0 saturated carbocycles. The monoisotopic (exact) mass is 216 g/mol. The lowest BCUT2D eigenvalue weighted by Gasteiger charge is -2.05. The lowest BCUT2D eigenvalue weighted by Crippen LogP contribution is -1.93. The number of aryl methyl sites for hydroxylation is 3. The Bertz CT molecular complexity index is 515. The Morgan fingerprint density at radius 1 is 1.25 bits per heavy atom. The highest BCUT2D eigenvalue weighted by Crippen LogP contribution is 2.19. The summed E-state index contributed by atoms with van der Waals surface area (Å²) in [4.78, 5) is 4.07. The summed E-state index contributed by atoms with van der Waals surface area (Å²) < 4.78 is 5.38. The molecule has 0 fully saturated rings. The van der Waals surface area contributed by atoms with E-state index in [2.05, 4.69) is 37.0 Å². The lowest BCUT2D eigenvalue weighted by molar-refractivity contribution is 0.532. The van der Waals surface area contributed by atoms with Crippen LogP contribution in [0, 0.1) is 20.8 Å². The highest BCUT2D eigenvalue weighted by molar-refractivity contribution is 5.34. The number of nitrogens with zero attached hydrogens (tertiary/aromatic N) is 1. The van der Waals surface area contributed by atoms with Crippen molar-refractivity contribution in [1.82, 2.24) is 4.98 Å². The summed E-state index contributed by atoms with van der Waals surface area (Å²) in [6.07, 6.45) is 0.754. The summed E-state index contributed by atoms with van der Waals surface area (Å²) >= 11 is 0. The first-order chi connectivity index (χ1) is 7.56. The van der Waals surface area contributed by atoms with Crippen LogP contribution in [0.1, 0.15) is 28.1 Å². The van der Waals surface area contributed by atoms with Crippen molar-refractivity contribution in [2.75, 3.05) is 5.73 Å². The fourth-order valence-electron chi connectivity index (χ4n) is 1.78. The van der Waals surface area contributed by atoms with Gasteiger partial charge in [-0.1, -0.05) is 23.8 Å². The minimum Gasteiger partial charge on any atom is -0.428 e. The van der Waals surface area contributed by atoms with Crippen LogP contribution in [0.25, 0.3) is 0 Å². The minimum atomic E-state index is 0.248. The van der Waals surface area contributed by atoms with Crippen molar-refractivity contribution in [2.45, 2.75) is 27.2 Å². The fourth-order valence-corrected chi connectivity index (χ4v) is 1.78. The van der Waals surface area contributed by atoms with E-state index in [1.165, 1.54) is 16.7 Å². The van der Waals surface area contributed by atoms with E-state index < -0.39 is 0 Å². The molecule has 1 aromatic carbocycles. The lowest BCUT2D eigenvalue weighted by atomic mass is 10.0. The summed E-state index contributed by atoms with van der Waals surface area (Å²) in [5, 5.41) is 0. The Balaban J connectivity index is 2.33. The number of hydrogen-bond donors (Lipinski definition) is 1. The third-order valence-electron chi connectivity index (χ3n) is 2.76. The van der Waals surface area contributed by atoms with Gasteiger partial charge in [-0.2, -0.15) is 4.98 Å². The van der Waals surface area contributed by atoms with Gasteiger partial charge in [0.15, 0.2) is 0 Å². The molecule has 2 rings (SSSR count). The largest absolute Gasteiger partial charge is 0.428 e. The molecule has 0 aliphatic rings. The van der Waals surface area contributed by atoms with Gasteiger partial charge in [-0.25, -0.2) is 0 Å². The maximum atomic E-state index is 5.52. The van der Waals surface area contributed by atoms with Crippen molar-refractivity contribution in [2.24, 2.45) is 0 Å². The van der Waals surface area contributed by atoms with Crippen LogP contribution in [0.2, 0.25) is 0 Å².